The molecule has 1 aromatic rings. The van der Waals surface area contributed by atoms with Crippen molar-refractivity contribution in [1.29, 1.82) is 0 Å². The lowest BCUT2D eigenvalue weighted by molar-refractivity contribution is 0.611. The van der Waals surface area contributed by atoms with Gasteiger partial charge in [-0.05, 0) is 36.7 Å². The van der Waals surface area contributed by atoms with Crippen molar-refractivity contribution in [3.05, 3.63) is 34.1 Å². The van der Waals surface area contributed by atoms with Crippen LogP contribution in [0.2, 0.25) is 0 Å². The van der Waals surface area contributed by atoms with E-state index in [-0.39, 0.29) is 11.1 Å². The summed E-state index contributed by atoms with van der Waals surface area (Å²) in [6.07, 6.45) is 2.58. The molecule has 5 heteroatoms. The summed E-state index contributed by atoms with van der Waals surface area (Å²) < 4.78 is 24.9. The van der Waals surface area contributed by atoms with E-state index in [0.29, 0.717) is 6.54 Å². The van der Waals surface area contributed by atoms with Crippen LogP contribution in [-0.4, -0.2) is 22.3 Å². The highest BCUT2D eigenvalue weighted by Gasteiger charge is 2.05. The molecule has 0 aromatic heterocycles. The molecule has 0 saturated carbocycles. The molecule has 0 amide bonds. The number of nitrogens with one attached hydrogen (secondary N) is 1. The first-order valence-corrected chi connectivity index (χ1v) is 7.88. The molecule has 0 saturated heterocycles. The average molecular weight is 322 g/mol. The molecule has 1 rings (SSSR count). The van der Waals surface area contributed by atoms with E-state index >= 15 is 0 Å². The normalized spacial score (nSPS) is 14.6. The van der Waals surface area contributed by atoms with Gasteiger partial charge in [0.05, 0.1) is 0 Å². The molecule has 0 bridgehead atoms. The lowest BCUT2D eigenvalue weighted by Crippen LogP contribution is -2.21. The van der Waals surface area contributed by atoms with E-state index in [1.807, 2.05) is 13.0 Å². The van der Waals surface area contributed by atoms with Crippen molar-refractivity contribution in [2.75, 3.05) is 12.8 Å². The lowest BCUT2D eigenvalue weighted by Gasteiger charge is -2.09. The molecule has 0 aliphatic heterocycles. The fraction of sp³-hybridized carbons (Fsp3) is 0.500. The van der Waals surface area contributed by atoms with Gasteiger partial charge in [-0.15, -0.1) is 0 Å². The van der Waals surface area contributed by atoms with Gasteiger partial charge in [0.1, 0.15) is 5.82 Å². The van der Waals surface area contributed by atoms with Gasteiger partial charge in [-0.25, -0.2) is 4.39 Å². The van der Waals surface area contributed by atoms with Gasteiger partial charge in [-0.2, -0.15) is 0 Å². The van der Waals surface area contributed by atoms with Crippen molar-refractivity contribution in [3.8, 4) is 0 Å². The Hall–Kier alpha value is -0.260. The molecule has 1 aromatic carbocycles. The van der Waals surface area contributed by atoms with E-state index in [1.54, 1.807) is 6.26 Å². The van der Waals surface area contributed by atoms with Crippen LogP contribution >= 0.6 is 15.9 Å². The second-order valence-electron chi connectivity index (χ2n) is 4.05. The van der Waals surface area contributed by atoms with Gasteiger partial charge in [-0.1, -0.05) is 22.9 Å². The molecule has 0 spiro atoms. The van der Waals surface area contributed by atoms with Crippen LogP contribution in [0.3, 0.4) is 0 Å². The van der Waals surface area contributed by atoms with Gasteiger partial charge in [0, 0.05) is 33.3 Å². The maximum absolute atomic E-state index is 13.1. The minimum atomic E-state index is -0.773. The zero-order chi connectivity index (χ0) is 12.8. The first kappa shape index (κ1) is 14.8. The number of hydrogen-bond acceptors (Lipinski definition) is 2. The highest BCUT2D eigenvalue weighted by molar-refractivity contribution is 9.10. The molecular formula is C12H17BrFNOS. The number of rotatable bonds is 6. The monoisotopic (exact) mass is 321 g/mol. The first-order valence-electron chi connectivity index (χ1n) is 5.47. The summed E-state index contributed by atoms with van der Waals surface area (Å²) in [5, 5.41) is 3.42. The zero-order valence-corrected chi connectivity index (χ0v) is 12.4. The molecule has 0 heterocycles. The molecule has 96 valence electrons. The van der Waals surface area contributed by atoms with Crippen molar-refractivity contribution in [3.63, 3.8) is 0 Å². The smallest absolute Gasteiger partial charge is 0.124 e. The Morgan fingerprint density at radius 3 is 2.76 bits per heavy atom. The van der Waals surface area contributed by atoms with E-state index in [2.05, 4.69) is 21.2 Å². The van der Waals surface area contributed by atoms with E-state index < -0.39 is 10.8 Å². The van der Waals surface area contributed by atoms with Crippen LogP contribution in [0.25, 0.3) is 0 Å². The quantitative estimate of drug-likeness (QED) is 0.816. The van der Waals surface area contributed by atoms with Crippen LogP contribution < -0.4 is 5.32 Å². The Kier molecular flexibility index (Phi) is 6.30. The third-order valence-electron chi connectivity index (χ3n) is 2.55. The maximum atomic E-state index is 13.1. The van der Waals surface area contributed by atoms with Gasteiger partial charge < -0.3 is 5.32 Å². The molecule has 0 fully saturated rings. The first-order chi connectivity index (χ1) is 7.99. The fourth-order valence-electron chi connectivity index (χ4n) is 1.42. The van der Waals surface area contributed by atoms with Crippen LogP contribution in [0, 0.1) is 5.82 Å². The summed E-state index contributed by atoms with van der Waals surface area (Å²) in [6.45, 7) is 3.38. The summed E-state index contributed by atoms with van der Waals surface area (Å²) in [4.78, 5) is 0. The van der Waals surface area contributed by atoms with Crippen LogP contribution in [-0.2, 0) is 17.3 Å². The molecule has 2 unspecified atom stereocenters. The van der Waals surface area contributed by atoms with Crippen molar-refractivity contribution >= 4 is 26.7 Å². The van der Waals surface area contributed by atoms with Gasteiger partial charge in [0.2, 0.25) is 0 Å². The predicted molar refractivity (Wildman–Crippen MR) is 74.0 cm³/mol. The molecule has 2 atom stereocenters. The lowest BCUT2D eigenvalue weighted by atomic mass is 10.2. The maximum Gasteiger partial charge on any atom is 0.124 e. The summed E-state index contributed by atoms with van der Waals surface area (Å²) >= 11 is 3.26. The molecule has 0 aliphatic carbocycles. The van der Waals surface area contributed by atoms with E-state index in [4.69, 9.17) is 0 Å². The summed E-state index contributed by atoms with van der Waals surface area (Å²) in [5.74, 6) is -0.237. The van der Waals surface area contributed by atoms with E-state index in [1.165, 1.54) is 12.1 Å². The topological polar surface area (TPSA) is 29.1 Å². The van der Waals surface area contributed by atoms with E-state index in [9.17, 15) is 8.60 Å². The molecule has 1 N–H and O–H groups in total. The van der Waals surface area contributed by atoms with Crippen molar-refractivity contribution < 1.29 is 8.60 Å². The molecular weight excluding hydrogens is 305 g/mol. The Morgan fingerprint density at radius 2 is 2.18 bits per heavy atom. The van der Waals surface area contributed by atoms with Crippen molar-refractivity contribution in [2.24, 2.45) is 0 Å². The minimum absolute atomic E-state index is 0.196. The highest BCUT2D eigenvalue weighted by Crippen LogP contribution is 2.14. The van der Waals surface area contributed by atoms with Crippen LogP contribution in [0.15, 0.2) is 22.7 Å². The molecule has 17 heavy (non-hydrogen) atoms. The Balaban J connectivity index is 2.33. The third-order valence-corrected chi connectivity index (χ3v) is 4.37. The van der Waals surface area contributed by atoms with Gasteiger partial charge in [-0.3, -0.25) is 4.21 Å². The second kappa shape index (κ2) is 7.24. The Bertz CT molecular complexity index is 380. The highest BCUT2D eigenvalue weighted by atomic mass is 79.9. The van der Waals surface area contributed by atoms with Crippen LogP contribution in [0.5, 0.6) is 0 Å². The number of halogens is 2. The van der Waals surface area contributed by atoms with Crippen molar-refractivity contribution in [2.45, 2.75) is 25.1 Å². The van der Waals surface area contributed by atoms with Crippen LogP contribution in [0.4, 0.5) is 4.39 Å². The van der Waals surface area contributed by atoms with Crippen LogP contribution in [0.1, 0.15) is 18.9 Å². The largest absolute Gasteiger partial charge is 0.313 e. The summed E-state index contributed by atoms with van der Waals surface area (Å²) in [7, 11) is -0.773. The average Bonchev–Trinajstić information content (AvgIpc) is 2.22. The summed E-state index contributed by atoms with van der Waals surface area (Å²) in [5.41, 5.74) is 0.905. The minimum Gasteiger partial charge on any atom is -0.313 e. The Morgan fingerprint density at radius 1 is 1.47 bits per heavy atom. The number of hydrogen-bond donors (Lipinski definition) is 1. The van der Waals surface area contributed by atoms with Gasteiger partial charge in [0.15, 0.2) is 0 Å². The number of benzene rings is 1. The van der Waals surface area contributed by atoms with E-state index in [0.717, 1.165) is 23.0 Å². The molecule has 0 radical (unpaired) electrons. The zero-order valence-electron chi connectivity index (χ0n) is 10.0. The molecule has 2 nitrogen and oxygen atoms in total. The van der Waals surface area contributed by atoms with Gasteiger partial charge in [0.25, 0.3) is 0 Å². The predicted octanol–water partition coefficient (Wildman–Crippen LogP) is 2.83. The molecule has 0 aliphatic rings. The SMILES string of the molecule is CC(CCNCc1cc(F)cc(Br)c1)S(C)=O. The third kappa shape index (κ3) is 5.75. The fourth-order valence-corrected chi connectivity index (χ4v) is 2.38. The standard InChI is InChI=1S/C12H17BrFNOS/c1-9(17(2)16)3-4-15-8-10-5-11(13)7-12(14)6-10/h5-7,9,15H,3-4,8H2,1-2H3. The Labute approximate surface area is 113 Å². The van der Waals surface area contributed by atoms with Gasteiger partial charge >= 0.3 is 0 Å². The second-order valence-corrected chi connectivity index (χ2v) is 6.77. The van der Waals surface area contributed by atoms with Crippen molar-refractivity contribution in [1.82, 2.24) is 5.32 Å². The summed E-state index contributed by atoms with van der Waals surface area (Å²) in [6, 6.07) is 4.84.